The van der Waals surface area contributed by atoms with Gasteiger partial charge in [-0.1, -0.05) is 32.5 Å². The number of hydrogen-bond acceptors (Lipinski definition) is 2. The zero-order valence-corrected chi connectivity index (χ0v) is 9.66. The summed E-state index contributed by atoms with van der Waals surface area (Å²) in [6, 6.07) is 0. The van der Waals surface area contributed by atoms with E-state index in [-0.39, 0.29) is 5.41 Å². The zero-order chi connectivity index (χ0) is 9.90. The highest BCUT2D eigenvalue weighted by Crippen LogP contribution is 2.30. The Balaban J connectivity index is 2.91. The molecule has 0 radical (unpaired) electrons. The van der Waals surface area contributed by atoms with Crippen LogP contribution in [0.15, 0.2) is 11.4 Å². The minimum absolute atomic E-state index is 0.241. The fourth-order valence-corrected chi connectivity index (χ4v) is 1.70. The van der Waals surface area contributed by atoms with Gasteiger partial charge in [-0.15, -0.1) is 0 Å². The third-order valence-electron chi connectivity index (χ3n) is 2.93. The molecule has 1 aromatic rings. The number of aromatic amines is 1. The predicted octanol–water partition coefficient (Wildman–Crippen LogP) is 3.21. The fraction of sp³-hybridized carbons (Fsp3) is 0.700. The summed E-state index contributed by atoms with van der Waals surface area (Å²) >= 11 is 1.66. The molecule has 1 rings (SSSR count). The lowest BCUT2D eigenvalue weighted by molar-refractivity contribution is 0.426. The van der Waals surface area contributed by atoms with Gasteiger partial charge in [0, 0.05) is 11.6 Å². The number of H-pyrrole nitrogens is 1. The summed E-state index contributed by atoms with van der Waals surface area (Å²) in [5.74, 6) is 0. The molecule has 1 N–H and O–H groups in total. The van der Waals surface area contributed by atoms with Gasteiger partial charge in [-0.3, -0.25) is 0 Å². The monoisotopic (exact) mass is 198 g/mol. The van der Waals surface area contributed by atoms with Gasteiger partial charge in [0.25, 0.3) is 0 Å². The Morgan fingerprint density at radius 1 is 1.46 bits per heavy atom. The minimum Gasteiger partial charge on any atom is -0.339 e. The Labute approximate surface area is 84.5 Å². The number of aromatic nitrogens is 2. The molecule has 0 bridgehead atoms. The number of nitrogens with one attached hydrogen (secondary N) is 1. The van der Waals surface area contributed by atoms with Gasteiger partial charge in [-0.25, -0.2) is 4.98 Å². The van der Waals surface area contributed by atoms with Crippen LogP contribution in [0.3, 0.4) is 0 Å². The first-order valence-corrected chi connectivity index (χ1v) is 5.98. The minimum atomic E-state index is 0.241. The van der Waals surface area contributed by atoms with Gasteiger partial charge in [-0.2, -0.15) is 0 Å². The Bertz CT molecular complexity index is 264. The Hall–Kier alpha value is -0.440. The second kappa shape index (κ2) is 4.18. The van der Waals surface area contributed by atoms with E-state index >= 15 is 0 Å². The van der Waals surface area contributed by atoms with E-state index in [1.807, 2.05) is 12.5 Å². The molecule has 0 saturated carbocycles. The average Bonchev–Trinajstić information content (AvgIpc) is 2.65. The lowest BCUT2D eigenvalue weighted by Gasteiger charge is -2.23. The second-order valence-electron chi connectivity index (χ2n) is 3.56. The van der Waals surface area contributed by atoms with Crippen LogP contribution < -0.4 is 0 Å². The van der Waals surface area contributed by atoms with Crippen LogP contribution in [0.5, 0.6) is 0 Å². The van der Waals surface area contributed by atoms with E-state index in [2.05, 4.69) is 30.7 Å². The SMILES string of the molecule is CCC(C)(CC)c1c[nH]c(SC)n1. The average molecular weight is 198 g/mol. The molecule has 0 saturated heterocycles. The van der Waals surface area contributed by atoms with Gasteiger partial charge < -0.3 is 4.98 Å². The van der Waals surface area contributed by atoms with E-state index in [1.54, 1.807) is 11.8 Å². The summed E-state index contributed by atoms with van der Waals surface area (Å²) in [5.41, 5.74) is 1.44. The van der Waals surface area contributed by atoms with Crippen molar-refractivity contribution >= 4 is 11.8 Å². The van der Waals surface area contributed by atoms with Crippen molar-refractivity contribution in [1.82, 2.24) is 9.97 Å². The van der Waals surface area contributed by atoms with Crippen LogP contribution in [-0.4, -0.2) is 16.2 Å². The van der Waals surface area contributed by atoms with Crippen LogP contribution in [0.1, 0.15) is 39.3 Å². The molecule has 13 heavy (non-hydrogen) atoms. The molecule has 0 unspecified atom stereocenters. The number of rotatable bonds is 4. The Morgan fingerprint density at radius 3 is 2.46 bits per heavy atom. The number of nitrogens with zero attached hydrogens (tertiary/aromatic N) is 1. The van der Waals surface area contributed by atoms with Crippen LogP contribution in [0, 0.1) is 0 Å². The van der Waals surface area contributed by atoms with E-state index in [0.717, 1.165) is 18.0 Å². The maximum absolute atomic E-state index is 4.55. The van der Waals surface area contributed by atoms with Gasteiger partial charge in [-0.05, 0) is 19.1 Å². The van der Waals surface area contributed by atoms with E-state index in [0.29, 0.717) is 0 Å². The predicted molar refractivity (Wildman–Crippen MR) is 58.3 cm³/mol. The molecular weight excluding hydrogens is 180 g/mol. The van der Waals surface area contributed by atoms with E-state index in [4.69, 9.17) is 0 Å². The molecule has 2 nitrogen and oxygen atoms in total. The highest BCUT2D eigenvalue weighted by atomic mass is 32.2. The first-order chi connectivity index (χ1) is 6.16. The van der Waals surface area contributed by atoms with Crippen LogP contribution >= 0.6 is 11.8 Å². The summed E-state index contributed by atoms with van der Waals surface area (Å²) in [5, 5.41) is 1.02. The maximum atomic E-state index is 4.55. The van der Waals surface area contributed by atoms with Crippen LogP contribution in [0.2, 0.25) is 0 Å². The molecule has 0 aliphatic rings. The standard InChI is InChI=1S/C10H18N2S/c1-5-10(3,6-2)8-7-11-9(12-8)13-4/h7H,5-6H2,1-4H3,(H,11,12). The summed E-state index contributed by atoms with van der Waals surface area (Å²) in [6.45, 7) is 6.71. The Morgan fingerprint density at radius 2 is 2.08 bits per heavy atom. The smallest absolute Gasteiger partial charge is 0.165 e. The molecule has 0 aliphatic heterocycles. The molecule has 0 atom stereocenters. The lowest BCUT2D eigenvalue weighted by atomic mass is 9.82. The molecule has 74 valence electrons. The quantitative estimate of drug-likeness (QED) is 0.753. The van der Waals surface area contributed by atoms with Gasteiger partial charge in [0.15, 0.2) is 5.16 Å². The summed E-state index contributed by atoms with van der Waals surface area (Å²) in [6.07, 6.45) is 6.36. The largest absolute Gasteiger partial charge is 0.339 e. The molecular formula is C10H18N2S. The molecule has 3 heteroatoms. The highest BCUT2D eigenvalue weighted by molar-refractivity contribution is 7.98. The topological polar surface area (TPSA) is 28.7 Å². The first kappa shape index (κ1) is 10.6. The van der Waals surface area contributed by atoms with Crippen molar-refractivity contribution in [3.05, 3.63) is 11.9 Å². The fourth-order valence-electron chi connectivity index (χ4n) is 1.33. The Kier molecular flexibility index (Phi) is 3.42. The second-order valence-corrected chi connectivity index (χ2v) is 4.36. The van der Waals surface area contributed by atoms with E-state index in [9.17, 15) is 0 Å². The molecule has 1 heterocycles. The van der Waals surface area contributed by atoms with Crippen molar-refractivity contribution < 1.29 is 0 Å². The highest BCUT2D eigenvalue weighted by Gasteiger charge is 2.24. The molecule has 0 aromatic carbocycles. The van der Waals surface area contributed by atoms with Crippen LogP contribution in [0.25, 0.3) is 0 Å². The zero-order valence-electron chi connectivity index (χ0n) is 8.85. The van der Waals surface area contributed by atoms with E-state index < -0.39 is 0 Å². The third kappa shape index (κ3) is 2.08. The maximum Gasteiger partial charge on any atom is 0.165 e. The molecule has 0 spiro atoms. The van der Waals surface area contributed by atoms with Gasteiger partial charge in [0.1, 0.15) is 0 Å². The van der Waals surface area contributed by atoms with Gasteiger partial charge in [0.05, 0.1) is 5.69 Å². The van der Waals surface area contributed by atoms with Crippen molar-refractivity contribution in [3.63, 3.8) is 0 Å². The number of thioether (sulfide) groups is 1. The lowest BCUT2D eigenvalue weighted by Crippen LogP contribution is -2.19. The molecule has 0 aliphatic carbocycles. The number of imidazole rings is 1. The molecule has 0 amide bonds. The van der Waals surface area contributed by atoms with Crippen molar-refractivity contribution in [1.29, 1.82) is 0 Å². The van der Waals surface area contributed by atoms with Crippen molar-refractivity contribution in [3.8, 4) is 0 Å². The van der Waals surface area contributed by atoms with Crippen LogP contribution in [-0.2, 0) is 5.41 Å². The third-order valence-corrected chi connectivity index (χ3v) is 3.52. The van der Waals surface area contributed by atoms with Gasteiger partial charge >= 0.3 is 0 Å². The summed E-state index contributed by atoms with van der Waals surface area (Å²) in [7, 11) is 0. The van der Waals surface area contributed by atoms with Crippen LogP contribution in [0.4, 0.5) is 0 Å². The van der Waals surface area contributed by atoms with Crippen molar-refractivity contribution in [2.45, 2.75) is 44.2 Å². The summed E-state index contributed by atoms with van der Waals surface area (Å²) in [4.78, 5) is 7.73. The molecule has 0 fully saturated rings. The van der Waals surface area contributed by atoms with E-state index in [1.165, 1.54) is 5.69 Å². The number of hydrogen-bond donors (Lipinski definition) is 1. The van der Waals surface area contributed by atoms with Crippen molar-refractivity contribution in [2.75, 3.05) is 6.26 Å². The molecule has 1 aromatic heterocycles. The first-order valence-electron chi connectivity index (χ1n) is 4.76. The normalized spacial score (nSPS) is 12.0. The van der Waals surface area contributed by atoms with Gasteiger partial charge in [0.2, 0.25) is 0 Å². The summed E-state index contributed by atoms with van der Waals surface area (Å²) < 4.78 is 0. The van der Waals surface area contributed by atoms with Crippen molar-refractivity contribution in [2.24, 2.45) is 0 Å².